The Labute approximate surface area is 78.9 Å². The maximum atomic E-state index is 8.35. The van der Waals surface area contributed by atoms with Crippen LogP contribution >= 0.6 is 20.6 Å². The van der Waals surface area contributed by atoms with Gasteiger partial charge in [-0.3, -0.25) is 0 Å². The van der Waals surface area contributed by atoms with Gasteiger partial charge in [-0.1, -0.05) is 48.1 Å². The topological polar surface area (TPSA) is 34.1 Å². The number of hydrogen-bond donors (Lipinski definition) is 0. The second-order valence-electron chi connectivity index (χ2n) is 1.73. The van der Waals surface area contributed by atoms with Gasteiger partial charge in [-0.25, -0.2) is 0 Å². The summed E-state index contributed by atoms with van der Waals surface area (Å²) in [6.45, 7) is 2.08. The molecule has 0 aromatic heterocycles. The molecule has 0 fully saturated rings. The molecule has 4 heteroatoms. The van der Waals surface area contributed by atoms with Crippen molar-refractivity contribution in [3.05, 3.63) is 35.9 Å². The van der Waals surface area contributed by atoms with Gasteiger partial charge in [0.2, 0.25) is 0 Å². The Balaban J connectivity index is 0. The normalized spacial score (nSPS) is 6.08. The molecule has 1 radical (unpaired) electrons. The second-order valence-corrected chi connectivity index (χ2v) is 1.88. The number of hydrogen-bond acceptors (Lipinski definition) is 3. The molecule has 0 heterocycles. The van der Waals surface area contributed by atoms with Crippen molar-refractivity contribution in [3.8, 4) is 0 Å². The van der Waals surface area contributed by atoms with E-state index >= 15 is 0 Å². The first-order chi connectivity index (χ1) is 5.81. The van der Waals surface area contributed by atoms with Crippen LogP contribution in [0.2, 0.25) is 0 Å². The molecule has 65 valence electrons. The van der Waals surface area contributed by atoms with E-state index < -0.39 is 8.34 Å². The molecule has 0 aliphatic rings. The van der Waals surface area contributed by atoms with Crippen molar-refractivity contribution in [2.45, 2.75) is 6.92 Å². The zero-order valence-electron chi connectivity index (χ0n) is 6.77. The SMILES string of the molecule is C=S.Cc1ccccc1.O=[P]=O. The van der Waals surface area contributed by atoms with Crippen LogP contribution in [0.1, 0.15) is 5.56 Å². The van der Waals surface area contributed by atoms with Gasteiger partial charge in [-0.05, 0) is 12.8 Å². The van der Waals surface area contributed by atoms with Crippen LogP contribution in [0.25, 0.3) is 0 Å². The summed E-state index contributed by atoms with van der Waals surface area (Å²) in [5.74, 6) is 2.83. The van der Waals surface area contributed by atoms with Gasteiger partial charge < -0.3 is 0 Å². The summed E-state index contributed by atoms with van der Waals surface area (Å²) in [6.07, 6.45) is 0. The number of rotatable bonds is 0. The van der Waals surface area contributed by atoms with Crippen LogP contribution in [-0.4, -0.2) is 5.87 Å². The molecule has 0 aliphatic heterocycles. The van der Waals surface area contributed by atoms with Gasteiger partial charge >= 0.3 is 17.5 Å². The molecule has 0 amide bonds. The average Bonchev–Trinajstić information content (AvgIpc) is 2.11. The predicted molar refractivity (Wildman–Crippen MR) is 54.2 cm³/mol. The van der Waals surface area contributed by atoms with E-state index in [0.717, 1.165) is 0 Å². The van der Waals surface area contributed by atoms with Crippen molar-refractivity contribution < 1.29 is 9.13 Å². The fraction of sp³-hybridized carbons (Fsp3) is 0.125. The molecule has 1 aromatic carbocycles. The number of benzene rings is 1. The van der Waals surface area contributed by atoms with Crippen LogP contribution in [0.5, 0.6) is 0 Å². The molecule has 0 saturated heterocycles. The fourth-order valence-electron chi connectivity index (χ4n) is 0.534. The first-order valence-corrected chi connectivity index (χ1v) is 4.37. The molecule has 12 heavy (non-hydrogen) atoms. The van der Waals surface area contributed by atoms with Gasteiger partial charge in [0.15, 0.2) is 0 Å². The summed E-state index contributed by atoms with van der Waals surface area (Å²) in [5.41, 5.74) is 1.32. The molecule has 0 aliphatic carbocycles. The van der Waals surface area contributed by atoms with E-state index in [4.69, 9.17) is 9.13 Å². The van der Waals surface area contributed by atoms with Gasteiger partial charge in [0.25, 0.3) is 0 Å². The third-order valence-corrected chi connectivity index (χ3v) is 0.940. The Hall–Kier alpha value is -0.660. The van der Waals surface area contributed by atoms with Gasteiger partial charge in [-0.15, -0.1) is 0 Å². The molecule has 0 spiro atoms. The minimum atomic E-state index is -1.08. The molecule has 0 N–H and O–H groups in total. The van der Waals surface area contributed by atoms with Crippen LogP contribution in [0, 0.1) is 6.92 Å². The zero-order valence-corrected chi connectivity index (χ0v) is 8.48. The fourth-order valence-corrected chi connectivity index (χ4v) is 0.534. The van der Waals surface area contributed by atoms with Crippen molar-refractivity contribution in [3.63, 3.8) is 0 Å². The van der Waals surface area contributed by atoms with Crippen molar-refractivity contribution in [1.82, 2.24) is 0 Å². The number of thiocarbonyl (C=S) groups is 1. The van der Waals surface area contributed by atoms with E-state index in [1.54, 1.807) is 0 Å². The van der Waals surface area contributed by atoms with E-state index in [9.17, 15) is 0 Å². The second kappa shape index (κ2) is 13.0. The van der Waals surface area contributed by atoms with E-state index in [2.05, 4.69) is 37.1 Å². The Bertz CT molecular complexity index is 220. The maximum absolute atomic E-state index is 8.35. The minimum absolute atomic E-state index is 1.08. The summed E-state index contributed by atoms with van der Waals surface area (Å²) >= 11 is 3.83. The van der Waals surface area contributed by atoms with E-state index in [1.807, 2.05) is 18.2 Å². The van der Waals surface area contributed by atoms with Crippen LogP contribution < -0.4 is 0 Å². The molecular weight excluding hydrogens is 191 g/mol. The monoisotopic (exact) mass is 201 g/mol. The molecule has 0 saturated carbocycles. The Kier molecular flexibility index (Phi) is 15.0. The molecule has 0 bridgehead atoms. The van der Waals surface area contributed by atoms with Crippen LogP contribution in [-0.2, 0) is 9.13 Å². The van der Waals surface area contributed by atoms with Gasteiger partial charge in [-0.2, -0.15) is 0 Å². The van der Waals surface area contributed by atoms with E-state index in [1.165, 1.54) is 5.56 Å². The summed E-state index contributed by atoms with van der Waals surface area (Å²) in [7, 11) is -1.08. The Morgan fingerprint density at radius 2 is 1.50 bits per heavy atom. The summed E-state index contributed by atoms with van der Waals surface area (Å²) in [4.78, 5) is 0. The molecule has 0 atom stereocenters. The standard InChI is InChI=1S/C7H8.CH2S.O2P/c1-7-5-3-2-4-6-7;1-2;1-3-2/h2-6H,1H3;1H2;. The van der Waals surface area contributed by atoms with Crippen molar-refractivity contribution in [2.24, 2.45) is 0 Å². The summed E-state index contributed by atoms with van der Waals surface area (Å²) in [5, 5.41) is 0. The zero-order chi connectivity index (χ0) is 9.82. The van der Waals surface area contributed by atoms with Crippen LogP contribution in [0.15, 0.2) is 30.3 Å². The van der Waals surface area contributed by atoms with Crippen molar-refractivity contribution >= 4 is 26.4 Å². The van der Waals surface area contributed by atoms with Crippen LogP contribution in [0.4, 0.5) is 0 Å². The summed E-state index contributed by atoms with van der Waals surface area (Å²) < 4.78 is 16.7. The quantitative estimate of drug-likeness (QED) is 0.477. The first-order valence-electron chi connectivity index (χ1n) is 3.06. The van der Waals surface area contributed by atoms with Crippen LogP contribution in [0.3, 0.4) is 0 Å². The molecule has 1 rings (SSSR count). The van der Waals surface area contributed by atoms with Gasteiger partial charge in [0, 0.05) is 0 Å². The Morgan fingerprint density at radius 3 is 1.67 bits per heavy atom. The molecule has 1 aromatic rings. The predicted octanol–water partition coefficient (Wildman–Crippen LogP) is 3.23. The molecule has 0 unspecified atom stereocenters. The van der Waals surface area contributed by atoms with E-state index in [-0.39, 0.29) is 0 Å². The van der Waals surface area contributed by atoms with Gasteiger partial charge in [0.05, 0.1) is 0 Å². The summed E-state index contributed by atoms with van der Waals surface area (Å²) in [6, 6.07) is 10.3. The Morgan fingerprint density at radius 1 is 1.17 bits per heavy atom. The van der Waals surface area contributed by atoms with E-state index in [0.29, 0.717) is 0 Å². The van der Waals surface area contributed by atoms with Gasteiger partial charge in [0.1, 0.15) is 0 Å². The molecule has 2 nitrogen and oxygen atoms in total. The average molecular weight is 201 g/mol. The van der Waals surface area contributed by atoms with Crippen molar-refractivity contribution in [2.75, 3.05) is 0 Å². The third-order valence-electron chi connectivity index (χ3n) is 0.940. The first kappa shape index (κ1) is 13.9. The molecular formula is C8H10O2PS. The number of aryl methyl sites for hydroxylation is 1. The van der Waals surface area contributed by atoms with Crippen molar-refractivity contribution in [1.29, 1.82) is 0 Å². The third kappa shape index (κ3) is 12.1.